The van der Waals surface area contributed by atoms with Crippen LogP contribution in [-0.4, -0.2) is 18.3 Å². The minimum atomic E-state index is -0.173. The Labute approximate surface area is 122 Å². The minimum absolute atomic E-state index is 0.00618. The molecule has 0 spiro atoms. The number of aliphatic hydroxyl groups is 1. The first-order valence-corrected chi connectivity index (χ1v) is 7.75. The summed E-state index contributed by atoms with van der Waals surface area (Å²) in [6.45, 7) is 6.87. The summed E-state index contributed by atoms with van der Waals surface area (Å²) in [5, 5.41) is 10.4. The first-order chi connectivity index (χ1) is 9.39. The molecule has 2 aliphatic rings. The fourth-order valence-corrected chi connectivity index (χ4v) is 4.78. The Morgan fingerprint density at radius 1 is 1.20 bits per heavy atom. The fourth-order valence-electron chi connectivity index (χ4n) is 4.78. The van der Waals surface area contributed by atoms with Crippen LogP contribution in [0.1, 0.15) is 51.2 Å². The van der Waals surface area contributed by atoms with Crippen molar-refractivity contribution < 1.29 is 9.84 Å². The molecule has 0 bridgehead atoms. The van der Waals surface area contributed by atoms with Gasteiger partial charge in [0.15, 0.2) is 0 Å². The number of rotatable bonds is 1. The Morgan fingerprint density at radius 2 is 1.95 bits per heavy atom. The van der Waals surface area contributed by atoms with Crippen molar-refractivity contribution >= 4 is 0 Å². The van der Waals surface area contributed by atoms with Gasteiger partial charge in [-0.1, -0.05) is 26.8 Å². The summed E-state index contributed by atoms with van der Waals surface area (Å²) in [7, 11) is 1.74. The highest BCUT2D eigenvalue weighted by Crippen LogP contribution is 2.57. The molecule has 2 heteroatoms. The highest BCUT2D eigenvalue weighted by molar-refractivity contribution is 5.43. The average Bonchev–Trinajstić information content (AvgIpc) is 2.43. The summed E-state index contributed by atoms with van der Waals surface area (Å²) in [4.78, 5) is 0. The molecule has 1 aromatic rings. The van der Waals surface area contributed by atoms with E-state index >= 15 is 0 Å². The van der Waals surface area contributed by atoms with Crippen LogP contribution in [0.4, 0.5) is 0 Å². The molecule has 2 aliphatic carbocycles. The lowest BCUT2D eigenvalue weighted by atomic mass is 9.49. The molecule has 3 rings (SSSR count). The van der Waals surface area contributed by atoms with Crippen LogP contribution >= 0.6 is 0 Å². The quantitative estimate of drug-likeness (QED) is 0.846. The second-order valence-electron chi connectivity index (χ2n) is 7.41. The zero-order valence-electron chi connectivity index (χ0n) is 13.1. The maximum absolute atomic E-state index is 10.4. The largest absolute Gasteiger partial charge is 0.497 e. The Bertz CT molecular complexity index is 520. The number of methoxy groups -OCH3 is 1. The third-order valence-corrected chi connectivity index (χ3v) is 6.10. The van der Waals surface area contributed by atoms with Crippen LogP contribution in [0.3, 0.4) is 0 Å². The van der Waals surface area contributed by atoms with Crippen LogP contribution in [0.25, 0.3) is 0 Å². The van der Waals surface area contributed by atoms with Gasteiger partial charge in [-0.25, -0.2) is 0 Å². The van der Waals surface area contributed by atoms with E-state index in [1.165, 1.54) is 17.5 Å². The van der Waals surface area contributed by atoms with Crippen molar-refractivity contribution in [3.05, 3.63) is 29.3 Å². The molecule has 1 saturated carbocycles. The van der Waals surface area contributed by atoms with Crippen molar-refractivity contribution in [2.45, 2.75) is 58.0 Å². The first-order valence-electron chi connectivity index (χ1n) is 7.75. The standard InChI is InChI=1S/C18H26O2/c1-17(2)15-8-6-12-5-7-13(20-4)11-14(12)18(15,3)10-9-16(17)19/h5,7,11,15-16,19H,6,8-10H2,1-4H3/t15-,16-,18-/m0/s1. The van der Waals surface area contributed by atoms with E-state index in [2.05, 4.69) is 39.0 Å². The van der Waals surface area contributed by atoms with E-state index in [0.29, 0.717) is 5.92 Å². The van der Waals surface area contributed by atoms with Crippen molar-refractivity contribution in [3.8, 4) is 5.75 Å². The molecule has 3 atom stereocenters. The van der Waals surface area contributed by atoms with Gasteiger partial charge in [-0.3, -0.25) is 0 Å². The lowest BCUT2D eigenvalue weighted by Gasteiger charge is -2.56. The van der Waals surface area contributed by atoms with Gasteiger partial charge in [-0.15, -0.1) is 0 Å². The lowest BCUT2D eigenvalue weighted by Crippen LogP contribution is -2.53. The number of hydrogen-bond donors (Lipinski definition) is 1. The third-order valence-electron chi connectivity index (χ3n) is 6.10. The zero-order valence-corrected chi connectivity index (χ0v) is 13.1. The zero-order chi connectivity index (χ0) is 14.5. The highest BCUT2D eigenvalue weighted by Gasteiger charge is 2.53. The normalized spacial score (nSPS) is 35.0. The van der Waals surface area contributed by atoms with Gasteiger partial charge in [0.2, 0.25) is 0 Å². The molecule has 0 aliphatic heterocycles. The van der Waals surface area contributed by atoms with Gasteiger partial charge in [0.25, 0.3) is 0 Å². The highest BCUT2D eigenvalue weighted by atomic mass is 16.5. The molecule has 0 radical (unpaired) electrons. The monoisotopic (exact) mass is 274 g/mol. The van der Waals surface area contributed by atoms with Crippen molar-refractivity contribution in [2.75, 3.05) is 7.11 Å². The molecule has 2 nitrogen and oxygen atoms in total. The summed E-state index contributed by atoms with van der Waals surface area (Å²) in [6.07, 6.45) is 4.10. The predicted molar refractivity (Wildman–Crippen MR) is 81.2 cm³/mol. The molecule has 0 unspecified atom stereocenters. The summed E-state index contributed by atoms with van der Waals surface area (Å²) in [5.41, 5.74) is 3.09. The average molecular weight is 274 g/mol. The summed E-state index contributed by atoms with van der Waals surface area (Å²) in [6, 6.07) is 6.54. The number of ether oxygens (including phenoxy) is 1. The van der Waals surface area contributed by atoms with E-state index in [1.54, 1.807) is 7.11 Å². The Balaban J connectivity index is 2.10. The van der Waals surface area contributed by atoms with Crippen molar-refractivity contribution in [1.29, 1.82) is 0 Å². The molecule has 0 aromatic heterocycles. The van der Waals surface area contributed by atoms with Gasteiger partial charge in [0, 0.05) is 0 Å². The molecule has 110 valence electrons. The van der Waals surface area contributed by atoms with Gasteiger partial charge in [-0.05, 0) is 65.7 Å². The number of aryl methyl sites for hydroxylation is 1. The van der Waals surface area contributed by atoms with E-state index in [4.69, 9.17) is 4.74 Å². The molecular weight excluding hydrogens is 248 g/mol. The molecule has 1 N–H and O–H groups in total. The van der Waals surface area contributed by atoms with Crippen LogP contribution in [0, 0.1) is 11.3 Å². The number of aliphatic hydroxyl groups excluding tert-OH is 1. The van der Waals surface area contributed by atoms with Crippen LogP contribution in [-0.2, 0) is 11.8 Å². The number of fused-ring (bicyclic) bond motifs is 3. The van der Waals surface area contributed by atoms with Crippen molar-refractivity contribution in [1.82, 2.24) is 0 Å². The second kappa shape index (κ2) is 4.49. The molecule has 0 heterocycles. The number of hydrogen-bond acceptors (Lipinski definition) is 2. The van der Waals surface area contributed by atoms with E-state index in [9.17, 15) is 5.11 Å². The van der Waals surface area contributed by atoms with Crippen LogP contribution in [0.2, 0.25) is 0 Å². The SMILES string of the molecule is COc1ccc2c(c1)[C@]1(C)CC[C@H](O)C(C)(C)[C@@H]1CC2. The Hall–Kier alpha value is -1.02. The maximum atomic E-state index is 10.4. The Kier molecular flexibility index (Phi) is 3.13. The first kappa shape index (κ1) is 13.9. The summed E-state index contributed by atoms with van der Waals surface area (Å²) >= 11 is 0. The van der Waals surface area contributed by atoms with Gasteiger partial charge in [0.1, 0.15) is 5.75 Å². The van der Waals surface area contributed by atoms with E-state index in [1.807, 2.05) is 0 Å². The second-order valence-corrected chi connectivity index (χ2v) is 7.41. The van der Waals surface area contributed by atoms with Crippen LogP contribution < -0.4 is 4.74 Å². The molecule has 0 saturated heterocycles. The Morgan fingerprint density at radius 3 is 2.65 bits per heavy atom. The molecule has 1 aromatic carbocycles. The topological polar surface area (TPSA) is 29.5 Å². The van der Waals surface area contributed by atoms with Crippen molar-refractivity contribution in [2.24, 2.45) is 11.3 Å². The van der Waals surface area contributed by atoms with E-state index in [-0.39, 0.29) is 16.9 Å². The van der Waals surface area contributed by atoms with E-state index in [0.717, 1.165) is 25.0 Å². The number of benzene rings is 1. The minimum Gasteiger partial charge on any atom is -0.497 e. The summed E-state index contributed by atoms with van der Waals surface area (Å²) in [5.74, 6) is 1.49. The van der Waals surface area contributed by atoms with Gasteiger partial charge >= 0.3 is 0 Å². The van der Waals surface area contributed by atoms with Gasteiger partial charge < -0.3 is 9.84 Å². The lowest BCUT2D eigenvalue weighted by molar-refractivity contribution is -0.0731. The van der Waals surface area contributed by atoms with Crippen molar-refractivity contribution in [3.63, 3.8) is 0 Å². The predicted octanol–water partition coefficient (Wildman–Crippen LogP) is 3.70. The third kappa shape index (κ3) is 1.81. The van der Waals surface area contributed by atoms with E-state index < -0.39 is 0 Å². The molecule has 0 amide bonds. The van der Waals surface area contributed by atoms with Crippen LogP contribution in [0.5, 0.6) is 5.75 Å². The van der Waals surface area contributed by atoms with Crippen LogP contribution in [0.15, 0.2) is 18.2 Å². The fraction of sp³-hybridized carbons (Fsp3) is 0.667. The summed E-state index contributed by atoms with van der Waals surface area (Å²) < 4.78 is 5.43. The smallest absolute Gasteiger partial charge is 0.119 e. The van der Waals surface area contributed by atoms with Gasteiger partial charge in [0.05, 0.1) is 13.2 Å². The molecular formula is C18H26O2. The molecule has 1 fully saturated rings. The maximum Gasteiger partial charge on any atom is 0.119 e. The molecule has 20 heavy (non-hydrogen) atoms. The van der Waals surface area contributed by atoms with Gasteiger partial charge in [-0.2, -0.15) is 0 Å².